The molecule has 15 heavy (non-hydrogen) atoms. The Labute approximate surface area is 93.9 Å². The molecule has 0 saturated heterocycles. The third-order valence-corrected chi connectivity index (χ3v) is 2.46. The van der Waals surface area contributed by atoms with Crippen molar-refractivity contribution in [2.75, 3.05) is 13.4 Å². The number of halogens is 1. The van der Waals surface area contributed by atoms with E-state index in [4.69, 9.17) is 16.3 Å². The van der Waals surface area contributed by atoms with Gasteiger partial charge in [0.1, 0.15) is 5.75 Å². The van der Waals surface area contributed by atoms with E-state index in [1.165, 1.54) is 7.11 Å². The van der Waals surface area contributed by atoms with Gasteiger partial charge >= 0.3 is 0 Å². The molecule has 84 valence electrons. The summed E-state index contributed by atoms with van der Waals surface area (Å²) < 4.78 is 31.2. The van der Waals surface area contributed by atoms with Gasteiger partial charge < -0.3 is 4.74 Å². The molecule has 0 heterocycles. The lowest BCUT2D eigenvalue weighted by Crippen LogP contribution is -2.03. The fraction of sp³-hybridized carbons (Fsp3) is 0.333. The second-order valence-electron chi connectivity index (χ2n) is 2.92. The maximum atomic E-state index is 10.8. The van der Waals surface area contributed by atoms with Gasteiger partial charge in [-0.25, -0.2) is 0 Å². The Morgan fingerprint density at radius 1 is 1.40 bits per heavy atom. The summed E-state index contributed by atoms with van der Waals surface area (Å²) in [7, 11) is -1.96. The minimum Gasteiger partial charge on any atom is -0.496 e. The predicted molar refractivity (Wildman–Crippen MR) is 57.6 cm³/mol. The zero-order valence-corrected chi connectivity index (χ0v) is 9.93. The highest BCUT2D eigenvalue weighted by Gasteiger charge is 2.07. The molecule has 0 aromatic heterocycles. The normalized spacial score (nSPS) is 11.4. The van der Waals surface area contributed by atoms with Crippen LogP contribution in [0.4, 0.5) is 0 Å². The molecular weight excluding hydrogens is 240 g/mol. The molecule has 0 saturated carbocycles. The van der Waals surface area contributed by atoms with Crippen molar-refractivity contribution in [3.05, 3.63) is 28.8 Å². The van der Waals surface area contributed by atoms with Crippen LogP contribution in [0.5, 0.6) is 5.75 Å². The average molecular weight is 251 g/mol. The second kappa shape index (κ2) is 4.83. The maximum absolute atomic E-state index is 10.8. The molecule has 1 aromatic rings. The molecule has 0 amide bonds. The molecule has 1 rings (SSSR count). The van der Waals surface area contributed by atoms with Gasteiger partial charge in [-0.15, -0.1) is 0 Å². The SMILES string of the molecule is COc1cc(Cl)ccc1COS(C)(=O)=O. The molecular formula is C9H11ClO4S. The largest absolute Gasteiger partial charge is 0.496 e. The molecule has 0 bridgehead atoms. The summed E-state index contributed by atoms with van der Waals surface area (Å²) >= 11 is 5.75. The molecule has 0 radical (unpaired) electrons. The highest BCUT2D eigenvalue weighted by molar-refractivity contribution is 7.85. The Morgan fingerprint density at radius 3 is 2.60 bits per heavy atom. The second-order valence-corrected chi connectivity index (χ2v) is 5.00. The van der Waals surface area contributed by atoms with Gasteiger partial charge in [0.05, 0.1) is 20.0 Å². The number of benzene rings is 1. The molecule has 0 fully saturated rings. The average Bonchev–Trinajstić information content (AvgIpc) is 2.14. The van der Waals surface area contributed by atoms with E-state index in [2.05, 4.69) is 4.18 Å². The smallest absolute Gasteiger partial charge is 0.264 e. The summed E-state index contributed by atoms with van der Waals surface area (Å²) in [6, 6.07) is 4.90. The van der Waals surface area contributed by atoms with Gasteiger partial charge in [0.15, 0.2) is 0 Å². The number of ether oxygens (including phenoxy) is 1. The van der Waals surface area contributed by atoms with Crippen molar-refractivity contribution in [1.82, 2.24) is 0 Å². The number of hydrogen-bond donors (Lipinski definition) is 0. The van der Waals surface area contributed by atoms with Crippen LogP contribution in [-0.2, 0) is 20.9 Å². The van der Waals surface area contributed by atoms with Gasteiger partial charge in [0, 0.05) is 10.6 Å². The lowest BCUT2D eigenvalue weighted by molar-refractivity contribution is 0.302. The van der Waals surface area contributed by atoms with Crippen LogP contribution in [0.25, 0.3) is 0 Å². The summed E-state index contributed by atoms with van der Waals surface area (Å²) in [5, 5.41) is 0.523. The van der Waals surface area contributed by atoms with Crippen LogP contribution in [0.2, 0.25) is 5.02 Å². The predicted octanol–water partition coefficient (Wildman–Crippen LogP) is 1.82. The Morgan fingerprint density at radius 2 is 2.07 bits per heavy atom. The van der Waals surface area contributed by atoms with Gasteiger partial charge in [0.25, 0.3) is 10.1 Å². The van der Waals surface area contributed by atoms with Crippen molar-refractivity contribution in [3.63, 3.8) is 0 Å². The highest BCUT2D eigenvalue weighted by Crippen LogP contribution is 2.23. The third kappa shape index (κ3) is 4.07. The minimum atomic E-state index is -3.45. The van der Waals surface area contributed by atoms with Crippen LogP contribution in [0.3, 0.4) is 0 Å². The van der Waals surface area contributed by atoms with Crippen molar-refractivity contribution in [3.8, 4) is 5.75 Å². The van der Waals surface area contributed by atoms with Gasteiger partial charge in [0.2, 0.25) is 0 Å². The molecule has 4 nitrogen and oxygen atoms in total. The van der Waals surface area contributed by atoms with Crippen molar-refractivity contribution in [1.29, 1.82) is 0 Å². The van der Waals surface area contributed by atoms with E-state index in [9.17, 15) is 8.42 Å². The number of methoxy groups -OCH3 is 1. The van der Waals surface area contributed by atoms with Gasteiger partial charge in [-0.05, 0) is 12.1 Å². The van der Waals surface area contributed by atoms with E-state index in [0.717, 1.165) is 6.26 Å². The minimum absolute atomic E-state index is 0.0564. The van der Waals surface area contributed by atoms with Crippen LogP contribution < -0.4 is 4.74 Å². The Kier molecular flexibility index (Phi) is 3.96. The molecule has 0 atom stereocenters. The van der Waals surface area contributed by atoms with Crippen molar-refractivity contribution in [2.45, 2.75) is 6.61 Å². The van der Waals surface area contributed by atoms with Crippen molar-refractivity contribution < 1.29 is 17.3 Å². The van der Waals surface area contributed by atoms with E-state index in [1.54, 1.807) is 18.2 Å². The quantitative estimate of drug-likeness (QED) is 0.765. The van der Waals surface area contributed by atoms with Crippen LogP contribution in [0, 0.1) is 0 Å². The molecule has 0 unspecified atom stereocenters. The van der Waals surface area contributed by atoms with Crippen LogP contribution in [-0.4, -0.2) is 21.8 Å². The van der Waals surface area contributed by atoms with Crippen molar-refractivity contribution >= 4 is 21.7 Å². The van der Waals surface area contributed by atoms with E-state index < -0.39 is 10.1 Å². The fourth-order valence-corrected chi connectivity index (χ4v) is 1.51. The number of rotatable bonds is 4. The summed E-state index contributed by atoms with van der Waals surface area (Å²) in [5.74, 6) is 0.506. The summed E-state index contributed by atoms with van der Waals surface area (Å²) in [4.78, 5) is 0. The van der Waals surface area contributed by atoms with E-state index >= 15 is 0 Å². The first-order valence-electron chi connectivity index (χ1n) is 4.09. The van der Waals surface area contributed by atoms with E-state index in [-0.39, 0.29) is 6.61 Å². The Balaban J connectivity index is 2.85. The van der Waals surface area contributed by atoms with E-state index in [0.29, 0.717) is 16.3 Å². The summed E-state index contributed by atoms with van der Waals surface area (Å²) in [6.07, 6.45) is 0.995. The number of hydrogen-bond acceptors (Lipinski definition) is 4. The first-order valence-corrected chi connectivity index (χ1v) is 6.28. The van der Waals surface area contributed by atoms with Gasteiger partial charge in [-0.3, -0.25) is 4.18 Å². The standard InChI is InChI=1S/C9H11ClO4S/c1-13-9-5-8(10)4-3-7(9)6-14-15(2,11)12/h3-5H,6H2,1-2H3. The fourth-order valence-electron chi connectivity index (χ4n) is 1.01. The molecule has 0 N–H and O–H groups in total. The monoisotopic (exact) mass is 250 g/mol. The lowest BCUT2D eigenvalue weighted by Gasteiger charge is -2.08. The van der Waals surface area contributed by atoms with Crippen LogP contribution in [0.15, 0.2) is 18.2 Å². The summed E-state index contributed by atoms with van der Waals surface area (Å²) in [6.45, 7) is -0.0564. The summed E-state index contributed by atoms with van der Waals surface area (Å²) in [5.41, 5.74) is 0.632. The van der Waals surface area contributed by atoms with Crippen LogP contribution in [0.1, 0.15) is 5.56 Å². The van der Waals surface area contributed by atoms with Gasteiger partial charge in [-0.2, -0.15) is 8.42 Å². The third-order valence-electron chi connectivity index (χ3n) is 1.68. The topological polar surface area (TPSA) is 52.6 Å². The van der Waals surface area contributed by atoms with Crippen molar-refractivity contribution in [2.24, 2.45) is 0 Å². The maximum Gasteiger partial charge on any atom is 0.264 e. The molecule has 0 aliphatic carbocycles. The zero-order chi connectivity index (χ0) is 11.5. The molecule has 6 heteroatoms. The molecule has 0 aliphatic rings. The molecule has 0 spiro atoms. The molecule has 1 aromatic carbocycles. The zero-order valence-electron chi connectivity index (χ0n) is 8.36. The van der Waals surface area contributed by atoms with Crippen LogP contribution >= 0.6 is 11.6 Å². The first kappa shape index (κ1) is 12.3. The van der Waals surface area contributed by atoms with Gasteiger partial charge in [-0.1, -0.05) is 17.7 Å². The first-order chi connectivity index (χ1) is 6.92. The Hall–Kier alpha value is -0.780. The van der Waals surface area contributed by atoms with E-state index in [1.807, 2.05) is 0 Å². The highest BCUT2D eigenvalue weighted by atomic mass is 35.5. The molecule has 0 aliphatic heterocycles. The lowest BCUT2D eigenvalue weighted by atomic mass is 10.2. The Bertz CT molecular complexity index is 441.